The van der Waals surface area contributed by atoms with Gasteiger partial charge in [-0.3, -0.25) is 0 Å². The lowest BCUT2D eigenvalue weighted by atomic mass is 10.1. The van der Waals surface area contributed by atoms with E-state index in [4.69, 9.17) is 0 Å². The Morgan fingerprint density at radius 1 is 1.11 bits per heavy atom. The molecule has 1 unspecified atom stereocenters. The van der Waals surface area contributed by atoms with Gasteiger partial charge in [-0.05, 0) is 54.6 Å². The van der Waals surface area contributed by atoms with Gasteiger partial charge in [0.1, 0.15) is 0 Å². The summed E-state index contributed by atoms with van der Waals surface area (Å²) in [6, 6.07) is 7.62. The van der Waals surface area contributed by atoms with Crippen molar-refractivity contribution in [1.82, 2.24) is 4.98 Å². The minimum atomic E-state index is -5.25. The lowest BCUT2D eigenvalue weighted by Gasteiger charge is -2.28. The van der Waals surface area contributed by atoms with Gasteiger partial charge in [-0.25, -0.2) is 4.98 Å². The van der Waals surface area contributed by atoms with Crippen LogP contribution >= 0.6 is 11.3 Å². The molecule has 2 heterocycles. The molecule has 0 saturated carbocycles. The zero-order valence-electron chi connectivity index (χ0n) is 14.2. The van der Waals surface area contributed by atoms with E-state index >= 15 is 0 Å². The Balaban J connectivity index is 1.75. The number of aromatic nitrogens is 1. The van der Waals surface area contributed by atoms with Crippen molar-refractivity contribution in [1.29, 1.82) is 0 Å². The third-order valence-corrected chi connectivity index (χ3v) is 5.26. The first kappa shape index (κ1) is 19.3. The number of thiazole rings is 1. The van der Waals surface area contributed by atoms with Gasteiger partial charge in [-0.2, -0.15) is 13.2 Å². The van der Waals surface area contributed by atoms with Crippen LogP contribution in [0.25, 0.3) is 0 Å². The summed E-state index contributed by atoms with van der Waals surface area (Å²) >= 11 is 0.480. The molecule has 1 atom stereocenters. The van der Waals surface area contributed by atoms with Gasteiger partial charge in [0.15, 0.2) is 5.01 Å². The van der Waals surface area contributed by atoms with Crippen LogP contribution in [0.1, 0.15) is 34.7 Å². The van der Waals surface area contributed by atoms with E-state index in [9.17, 15) is 23.2 Å². The van der Waals surface area contributed by atoms with Gasteiger partial charge in [0.2, 0.25) is 0 Å². The van der Waals surface area contributed by atoms with E-state index in [-0.39, 0.29) is 4.88 Å². The summed E-state index contributed by atoms with van der Waals surface area (Å²) < 4.78 is 38.5. The van der Waals surface area contributed by atoms with E-state index in [1.54, 1.807) is 0 Å². The van der Waals surface area contributed by atoms with Crippen LogP contribution in [-0.2, 0) is 5.72 Å². The fraction of sp³-hybridized carbons (Fsp3) is 0.389. The summed E-state index contributed by atoms with van der Waals surface area (Å²) in [5.41, 5.74) is -2.04. The highest BCUT2D eigenvalue weighted by molar-refractivity contribution is 7.12. The third-order valence-electron chi connectivity index (χ3n) is 4.25. The average Bonchev–Trinajstić information content (AvgIpc) is 3.15. The number of aliphatic hydroxyl groups is 1. The molecule has 0 bridgehead atoms. The second kappa shape index (κ2) is 7.66. The van der Waals surface area contributed by atoms with Gasteiger partial charge >= 0.3 is 11.9 Å². The Morgan fingerprint density at radius 2 is 1.78 bits per heavy atom. The van der Waals surface area contributed by atoms with Crippen molar-refractivity contribution in [3.8, 4) is 11.8 Å². The number of nitrogens with zero attached hydrogens (tertiary/aromatic N) is 3. The smallest absolute Gasteiger partial charge is 0.372 e. The van der Waals surface area contributed by atoms with E-state index in [2.05, 4.69) is 21.7 Å². The summed E-state index contributed by atoms with van der Waals surface area (Å²) in [6.07, 6.45) is -0.567. The molecule has 0 amide bonds. The number of hydrogen-bond donors (Lipinski definition) is 1. The third kappa shape index (κ3) is 4.12. The zero-order chi connectivity index (χ0) is 19.5. The van der Waals surface area contributed by atoms with E-state index in [0.717, 1.165) is 25.0 Å². The second-order valence-electron chi connectivity index (χ2n) is 6.14. The summed E-state index contributed by atoms with van der Waals surface area (Å²) in [5, 5.41) is 10.4. The maximum Gasteiger partial charge on any atom is 0.449 e. The van der Waals surface area contributed by atoms with Crippen LogP contribution in [0.3, 0.4) is 0 Å². The topological polar surface area (TPSA) is 65.8 Å². The van der Waals surface area contributed by atoms with Crippen molar-refractivity contribution in [2.75, 3.05) is 18.0 Å². The fourth-order valence-corrected chi connectivity index (χ4v) is 3.56. The number of hydrogen-bond acceptors (Lipinski definition) is 6. The van der Waals surface area contributed by atoms with Gasteiger partial charge in [0.25, 0.3) is 0 Å². The molecule has 1 fully saturated rings. The van der Waals surface area contributed by atoms with Crippen molar-refractivity contribution >= 4 is 17.0 Å². The van der Waals surface area contributed by atoms with Crippen molar-refractivity contribution in [3.05, 3.63) is 50.8 Å². The molecule has 5 nitrogen and oxygen atoms in total. The molecule has 9 heteroatoms. The van der Waals surface area contributed by atoms with Crippen LogP contribution in [-0.4, -0.2) is 29.4 Å². The van der Waals surface area contributed by atoms with Crippen LogP contribution in [0.4, 0.5) is 18.9 Å². The van der Waals surface area contributed by atoms with Crippen LogP contribution in [0.5, 0.6) is 0 Å². The van der Waals surface area contributed by atoms with Gasteiger partial charge < -0.3 is 10.0 Å². The normalized spacial score (nSPS) is 17.0. The van der Waals surface area contributed by atoms with Gasteiger partial charge in [-0.15, -0.1) is 16.2 Å². The molecule has 1 aliphatic heterocycles. The van der Waals surface area contributed by atoms with Crippen molar-refractivity contribution in [2.24, 2.45) is 5.18 Å². The summed E-state index contributed by atoms with van der Waals surface area (Å²) in [4.78, 5) is 16.5. The van der Waals surface area contributed by atoms with Crippen molar-refractivity contribution < 1.29 is 18.3 Å². The van der Waals surface area contributed by atoms with E-state index in [1.807, 2.05) is 29.4 Å². The number of halogens is 3. The van der Waals surface area contributed by atoms with Crippen LogP contribution < -0.4 is 4.90 Å². The second-order valence-corrected chi connectivity index (χ2v) is 7.17. The SMILES string of the molecule is O=NC(O)(c1ncc(C#Cc2ccc(N3CCCCC3)cc2)s1)C(F)(F)F. The summed E-state index contributed by atoms with van der Waals surface area (Å²) in [5.74, 6) is 5.54. The lowest BCUT2D eigenvalue weighted by Crippen LogP contribution is -2.40. The summed E-state index contributed by atoms with van der Waals surface area (Å²) in [7, 11) is 0. The number of anilines is 1. The van der Waals surface area contributed by atoms with E-state index in [1.165, 1.54) is 19.3 Å². The molecule has 2 aromatic rings. The molecule has 1 aromatic heterocycles. The zero-order valence-corrected chi connectivity index (χ0v) is 15.0. The number of piperidine rings is 1. The number of alkyl halides is 3. The molecule has 0 spiro atoms. The Hall–Kier alpha value is -2.44. The molecule has 27 heavy (non-hydrogen) atoms. The lowest BCUT2D eigenvalue weighted by molar-refractivity contribution is -0.263. The van der Waals surface area contributed by atoms with Crippen molar-refractivity contribution in [3.63, 3.8) is 0 Å². The number of rotatable bonds is 3. The average molecular weight is 395 g/mol. The first-order valence-corrected chi connectivity index (χ1v) is 9.12. The largest absolute Gasteiger partial charge is 0.449 e. The standard InChI is InChI=1S/C18H16F3N3O2S/c19-18(20,21)17(25,23-26)16-22-12-15(27-16)9-6-13-4-7-14(8-5-13)24-10-2-1-3-11-24/h4-5,7-8,12,25H,1-3,10-11H2. The van der Waals surface area contributed by atoms with Crippen molar-refractivity contribution in [2.45, 2.75) is 31.2 Å². The molecule has 3 rings (SSSR count). The van der Waals surface area contributed by atoms with E-state index in [0.29, 0.717) is 16.9 Å². The predicted octanol–water partition coefficient (Wildman–Crippen LogP) is 4.01. The Kier molecular flexibility index (Phi) is 5.48. The molecule has 1 N–H and O–H groups in total. The maximum absolute atomic E-state index is 12.8. The van der Waals surface area contributed by atoms with E-state index < -0.39 is 16.9 Å². The molecule has 1 saturated heterocycles. The Bertz CT molecular complexity index is 864. The highest BCUT2D eigenvalue weighted by atomic mass is 32.1. The highest BCUT2D eigenvalue weighted by Gasteiger charge is 2.60. The first-order chi connectivity index (χ1) is 12.8. The summed E-state index contributed by atoms with van der Waals surface area (Å²) in [6.45, 7) is 2.06. The van der Waals surface area contributed by atoms with Gasteiger partial charge in [-0.1, -0.05) is 5.92 Å². The molecule has 142 valence electrons. The van der Waals surface area contributed by atoms with Gasteiger partial charge in [0.05, 0.1) is 11.1 Å². The minimum Gasteiger partial charge on any atom is -0.372 e. The molecular weight excluding hydrogens is 379 g/mol. The maximum atomic E-state index is 12.8. The first-order valence-electron chi connectivity index (χ1n) is 8.30. The Labute approximate surface area is 157 Å². The fourth-order valence-electron chi connectivity index (χ4n) is 2.75. The van der Waals surface area contributed by atoms with Gasteiger partial charge in [0, 0.05) is 24.3 Å². The molecule has 0 radical (unpaired) electrons. The van der Waals surface area contributed by atoms with Crippen LogP contribution in [0.15, 0.2) is 35.6 Å². The molecular formula is C18H16F3N3O2S. The number of nitroso groups, excluding NO2 is 1. The molecule has 1 aromatic carbocycles. The quantitative estimate of drug-likeness (QED) is 0.630. The Morgan fingerprint density at radius 3 is 2.37 bits per heavy atom. The molecule has 1 aliphatic rings. The highest BCUT2D eigenvalue weighted by Crippen LogP contribution is 2.41. The number of benzene rings is 1. The molecule has 0 aliphatic carbocycles. The minimum absolute atomic E-state index is 0.191. The van der Waals surface area contributed by atoms with Crippen LogP contribution in [0, 0.1) is 16.7 Å². The monoisotopic (exact) mass is 395 g/mol. The van der Waals surface area contributed by atoms with Crippen LogP contribution in [0.2, 0.25) is 0 Å². The predicted molar refractivity (Wildman–Crippen MR) is 96.3 cm³/mol.